The summed E-state index contributed by atoms with van der Waals surface area (Å²) in [6, 6.07) is 12.1. The molecule has 1 aromatic carbocycles. The summed E-state index contributed by atoms with van der Waals surface area (Å²) in [6.07, 6.45) is 1.10. The molecular formula is C22H28N4O3. The van der Waals surface area contributed by atoms with Gasteiger partial charge in [-0.3, -0.25) is 19.3 Å². The predicted octanol–water partition coefficient (Wildman–Crippen LogP) is 1.96. The molecule has 3 rings (SSSR count). The van der Waals surface area contributed by atoms with Gasteiger partial charge in [0, 0.05) is 37.4 Å². The second kappa shape index (κ2) is 9.52. The smallest absolute Gasteiger partial charge is 0.274 e. The highest BCUT2D eigenvalue weighted by Gasteiger charge is 2.22. The lowest BCUT2D eigenvalue weighted by Crippen LogP contribution is -2.50. The van der Waals surface area contributed by atoms with Crippen molar-refractivity contribution in [2.24, 2.45) is 0 Å². The Hall–Kier alpha value is -2.93. The van der Waals surface area contributed by atoms with E-state index >= 15 is 0 Å². The van der Waals surface area contributed by atoms with Crippen molar-refractivity contribution < 1.29 is 9.59 Å². The molecule has 2 amide bonds. The van der Waals surface area contributed by atoms with E-state index in [-0.39, 0.29) is 29.6 Å². The van der Waals surface area contributed by atoms with Gasteiger partial charge in [-0.1, -0.05) is 25.1 Å². The molecular weight excluding hydrogens is 368 g/mol. The van der Waals surface area contributed by atoms with Crippen LogP contribution in [0.4, 0.5) is 5.69 Å². The number of anilines is 1. The summed E-state index contributed by atoms with van der Waals surface area (Å²) < 4.78 is 1.43. The van der Waals surface area contributed by atoms with Crippen LogP contribution in [0.1, 0.15) is 29.4 Å². The van der Waals surface area contributed by atoms with Crippen LogP contribution < -0.4 is 10.9 Å². The Bertz CT molecular complexity index is 915. The first-order valence-electron chi connectivity index (χ1n) is 10.1. The van der Waals surface area contributed by atoms with E-state index in [1.54, 1.807) is 43.3 Å². The maximum absolute atomic E-state index is 12.9. The highest BCUT2D eigenvalue weighted by Crippen LogP contribution is 2.09. The highest BCUT2D eigenvalue weighted by atomic mass is 16.2. The number of carbonyl (C=O) groups excluding carboxylic acids is 2. The lowest BCUT2D eigenvalue weighted by molar-refractivity contribution is -0.133. The topological polar surface area (TPSA) is 74.7 Å². The van der Waals surface area contributed by atoms with Gasteiger partial charge in [-0.25, -0.2) is 0 Å². The second-order valence-corrected chi connectivity index (χ2v) is 7.32. The first-order valence-corrected chi connectivity index (χ1v) is 10.1. The van der Waals surface area contributed by atoms with Gasteiger partial charge in [-0.15, -0.1) is 0 Å². The number of piperazine rings is 1. The van der Waals surface area contributed by atoms with Crippen LogP contribution in [-0.2, 0) is 11.3 Å². The molecule has 1 aliphatic heterocycles. The van der Waals surface area contributed by atoms with Gasteiger partial charge in [0.1, 0.15) is 12.2 Å². The van der Waals surface area contributed by atoms with Crippen molar-refractivity contribution in [2.75, 3.05) is 38.0 Å². The third-order valence-corrected chi connectivity index (χ3v) is 5.23. The Balaban J connectivity index is 1.70. The largest absolute Gasteiger partial charge is 0.339 e. The molecule has 1 saturated heterocycles. The zero-order chi connectivity index (χ0) is 20.8. The Morgan fingerprint density at radius 2 is 1.69 bits per heavy atom. The monoisotopic (exact) mass is 396 g/mol. The number of carbonyl (C=O) groups is 2. The Morgan fingerprint density at radius 3 is 2.34 bits per heavy atom. The van der Waals surface area contributed by atoms with Crippen molar-refractivity contribution in [3.8, 4) is 0 Å². The Kier molecular flexibility index (Phi) is 6.82. The molecule has 0 saturated carbocycles. The lowest BCUT2D eigenvalue weighted by Gasteiger charge is -2.34. The van der Waals surface area contributed by atoms with Crippen LogP contribution in [0.5, 0.6) is 0 Å². The van der Waals surface area contributed by atoms with Crippen LogP contribution >= 0.6 is 0 Å². The Labute approximate surface area is 170 Å². The number of nitrogens with zero attached hydrogens (tertiary/aromatic N) is 3. The minimum Gasteiger partial charge on any atom is -0.339 e. The van der Waals surface area contributed by atoms with Gasteiger partial charge in [0.2, 0.25) is 5.91 Å². The third-order valence-electron chi connectivity index (χ3n) is 5.23. The van der Waals surface area contributed by atoms with Crippen LogP contribution in [0, 0.1) is 6.92 Å². The highest BCUT2D eigenvalue weighted by molar-refractivity contribution is 6.04. The van der Waals surface area contributed by atoms with Crippen molar-refractivity contribution >= 4 is 17.5 Å². The van der Waals surface area contributed by atoms with Crippen LogP contribution in [0.15, 0.2) is 47.3 Å². The van der Waals surface area contributed by atoms with Crippen molar-refractivity contribution in [1.82, 2.24) is 14.4 Å². The van der Waals surface area contributed by atoms with Crippen LogP contribution in [0.2, 0.25) is 0 Å². The number of rotatable bonds is 6. The zero-order valence-corrected chi connectivity index (χ0v) is 17.1. The van der Waals surface area contributed by atoms with Crippen molar-refractivity contribution in [3.05, 3.63) is 64.1 Å². The average molecular weight is 396 g/mol. The molecule has 1 aromatic heterocycles. The molecule has 1 fully saturated rings. The number of hydrogen-bond acceptors (Lipinski definition) is 4. The van der Waals surface area contributed by atoms with Gasteiger partial charge in [-0.05, 0) is 44.2 Å². The van der Waals surface area contributed by atoms with Crippen molar-refractivity contribution in [1.29, 1.82) is 0 Å². The fourth-order valence-electron chi connectivity index (χ4n) is 3.52. The van der Waals surface area contributed by atoms with E-state index in [0.29, 0.717) is 24.3 Å². The van der Waals surface area contributed by atoms with E-state index in [0.717, 1.165) is 26.1 Å². The standard InChI is InChI=1S/C22H28N4O3/c1-3-11-24-12-14-25(15-13-24)20(27)16-26-17(2)9-10-19(22(26)29)23-21(28)18-7-5-4-6-8-18/h4-10H,3,11-16H2,1-2H3,(H,23,28). The van der Waals surface area contributed by atoms with E-state index in [1.807, 2.05) is 11.0 Å². The molecule has 1 N–H and O–H groups in total. The molecule has 2 aromatic rings. The summed E-state index contributed by atoms with van der Waals surface area (Å²) in [6.45, 7) is 8.04. The van der Waals surface area contributed by atoms with Crippen LogP contribution in [-0.4, -0.2) is 58.9 Å². The molecule has 0 bridgehead atoms. The van der Waals surface area contributed by atoms with Gasteiger partial charge in [0.25, 0.3) is 11.5 Å². The van der Waals surface area contributed by atoms with E-state index in [1.165, 1.54) is 4.57 Å². The van der Waals surface area contributed by atoms with Gasteiger partial charge in [-0.2, -0.15) is 0 Å². The van der Waals surface area contributed by atoms with Gasteiger partial charge in [0.15, 0.2) is 0 Å². The molecule has 2 heterocycles. The summed E-state index contributed by atoms with van der Waals surface area (Å²) >= 11 is 0. The molecule has 7 heteroatoms. The number of aryl methyl sites for hydroxylation is 1. The normalized spacial score (nSPS) is 14.6. The summed E-state index contributed by atoms with van der Waals surface area (Å²) in [7, 11) is 0. The molecule has 154 valence electrons. The fraction of sp³-hybridized carbons (Fsp3) is 0.409. The number of pyridine rings is 1. The first-order chi connectivity index (χ1) is 14.0. The minimum atomic E-state index is -0.368. The van der Waals surface area contributed by atoms with E-state index < -0.39 is 0 Å². The maximum Gasteiger partial charge on any atom is 0.274 e. The predicted molar refractivity (Wildman–Crippen MR) is 113 cm³/mol. The Morgan fingerprint density at radius 1 is 1.00 bits per heavy atom. The maximum atomic E-state index is 12.9. The average Bonchev–Trinajstić information content (AvgIpc) is 2.74. The summed E-state index contributed by atoms with van der Waals surface area (Å²) in [5, 5.41) is 2.66. The number of hydrogen-bond donors (Lipinski definition) is 1. The fourth-order valence-corrected chi connectivity index (χ4v) is 3.52. The lowest BCUT2D eigenvalue weighted by atomic mass is 10.2. The van der Waals surface area contributed by atoms with Crippen LogP contribution in [0.25, 0.3) is 0 Å². The van der Waals surface area contributed by atoms with E-state index in [9.17, 15) is 14.4 Å². The summed E-state index contributed by atoms with van der Waals surface area (Å²) in [4.78, 5) is 42.2. The molecule has 0 atom stereocenters. The quantitative estimate of drug-likeness (QED) is 0.810. The number of nitrogens with one attached hydrogen (secondary N) is 1. The summed E-state index contributed by atoms with van der Waals surface area (Å²) in [5.41, 5.74) is 0.961. The third kappa shape index (κ3) is 5.12. The number of aromatic nitrogens is 1. The molecule has 0 unspecified atom stereocenters. The number of benzene rings is 1. The van der Waals surface area contributed by atoms with E-state index in [2.05, 4.69) is 17.1 Å². The van der Waals surface area contributed by atoms with E-state index in [4.69, 9.17) is 0 Å². The van der Waals surface area contributed by atoms with Gasteiger partial charge in [0.05, 0.1) is 0 Å². The SMILES string of the molecule is CCCN1CCN(C(=O)Cn2c(C)ccc(NC(=O)c3ccccc3)c2=O)CC1. The van der Waals surface area contributed by atoms with Crippen LogP contribution in [0.3, 0.4) is 0 Å². The molecule has 29 heavy (non-hydrogen) atoms. The van der Waals surface area contributed by atoms with Crippen molar-refractivity contribution in [3.63, 3.8) is 0 Å². The molecule has 0 spiro atoms. The van der Waals surface area contributed by atoms with Gasteiger partial charge < -0.3 is 14.8 Å². The molecule has 0 radical (unpaired) electrons. The first kappa shape index (κ1) is 20.8. The van der Waals surface area contributed by atoms with Gasteiger partial charge >= 0.3 is 0 Å². The summed E-state index contributed by atoms with van der Waals surface area (Å²) in [5.74, 6) is -0.422. The second-order valence-electron chi connectivity index (χ2n) is 7.32. The molecule has 0 aliphatic carbocycles. The van der Waals surface area contributed by atoms with Crippen molar-refractivity contribution in [2.45, 2.75) is 26.8 Å². The molecule has 7 nitrogen and oxygen atoms in total. The zero-order valence-electron chi connectivity index (χ0n) is 17.1. The molecule has 1 aliphatic rings. The number of amides is 2. The minimum absolute atomic E-state index is 0.0203.